The summed E-state index contributed by atoms with van der Waals surface area (Å²) in [5.74, 6) is 0.985. The van der Waals surface area contributed by atoms with E-state index in [2.05, 4.69) is 15.0 Å². The Morgan fingerprint density at radius 2 is 1.79 bits per heavy atom. The molecule has 0 amide bonds. The van der Waals surface area contributed by atoms with Crippen molar-refractivity contribution in [2.24, 2.45) is 10.7 Å². The van der Waals surface area contributed by atoms with Crippen molar-refractivity contribution in [3.8, 4) is 17.2 Å². The van der Waals surface area contributed by atoms with Crippen LogP contribution in [0.3, 0.4) is 0 Å². The molecular formula is C18H21F3IN3O3. The molecule has 0 bridgehead atoms. The predicted molar refractivity (Wildman–Crippen MR) is 112 cm³/mol. The highest BCUT2D eigenvalue weighted by atomic mass is 127. The van der Waals surface area contributed by atoms with Crippen molar-refractivity contribution in [2.75, 3.05) is 26.1 Å². The zero-order chi connectivity index (χ0) is 19.9. The normalized spacial score (nSPS) is 11.4. The van der Waals surface area contributed by atoms with E-state index in [1.807, 2.05) is 0 Å². The average molecular weight is 511 g/mol. The molecule has 0 aromatic heterocycles. The fourth-order valence-corrected chi connectivity index (χ4v) is 2.32. The SMILES string of the molecule is COc1ccc(OC)c(NC(N)=NCCc2ccccc2OC(F)(F)F)c1.I. The van der Waals surface area contributed by atoms with Gasteiger partial charge in [-0.1, -0.05) is 18.2 Å². The minimum atomic E-state index is -4.75. The van der Waals surface area contributed by atoms with Gasteiger partial charge in [0.15, 0.2) is 5.96 Å². The quantitative estimate of drug-likeness (QED) is 0.331. The van der Waals surface area contributed by atoms with Gasteiger partial charge in [-0.3, -0.25) is 4.99 Å². The van der Waals surface area contributed by atoms with E-state index in [4.69, 9.17) is 15.2 Å². The maximum absolute atomic E-state index is 12.4. The molecule has 0 atom stereocenters. The number of hydrogen-bond acceptors (Lipinski definition) is 4. The monoisotopic (exact) mass is 511 g/mol. The van der Waals surface area contributed by atoms with Crippen LogP contribution in [-0.4, -0.2) is 33.1 Å². The van der Waals surface area contributed by atoms with Gasteiger partial charge in [0.2, 0.25) is 0 Å². The molecule has 6 nitrogen and oxygen atoms in total. The first-order valence-corrected chi connectivity index (χ1v) is 7.95. The van der Waals surface area contributed by atoms with Gasteiger partial charge < -0.3 is 25.3 Å². The number of rotatable bonds is 7. The van der Waals surface area contributed by atoms with Gasteiger partial charge in [0.1, 0.15) is 17.2 Å². The molecule has 0 heterocycles. The first-order chi connectivity index (χ1) is 12.8. The average Bonchev–Trinajstić information content (AvgIpc) is 2.61. The van der Waals surface area contributed by atoms with Crippen LogP contribution in [-0.2, 0) is 6.42 Å². The van der Waals surface area contributed by atoms with Crippen molar-refractivity contribution in [3.05, 3.63) is 48.0 Å². The maximum atomic E-state index is 12.4. The zero-order valence-electron chi connectivity index (χ0n) is 15.2. The first-order valence-electron chi connectivity index (χ1n) is 7.95. The second-order valence-electron chi connectivity index (χ2n) is 5.36. The summed E-state index contributed by atoms with van der Waals surface area (Å²) in [5.41, 5.74) is 6.79. The number of para-hydroxylation sites is 1. The van der Waals surface area contributed by atoms with Crippen LogP contribution in [0.25, 0.3) is 0 Å². The second kappa shape index (κ2) is 10.8. The summed E-state index contributed by atoms with van der Waals surface area (Å²) >= 11 is 0. The van der Waals surface area contributed by atoms with Gasteiger partial charge in [0, 0.05) is 12.6 Å². The molecule has 0 aliphatic carbocycles. The summed E-state index contributed by atoms with van der Waals surface area (Å²) in [4.78, 5) is 4.13. The topological polar surface area (TPSA) is 78.1 Å². The molecule has 0 aliphatic rings. The highest BCUT2D eigenvalue weighted by Gasteiger charge is 2.31. The van der Waals surface area contributed by atoms with Crippen molar-refractivity contribution in [3.63, 3.8) is 0 Å². The molecule has 2 rings (SSSR count). The minimum absolute atomic E-state index is 0. The smallest absolute Gasteiger partial charge is 0.497 e. The van der Waals surface area contributed by atoms with Crippen LogP contribution in [0.5, 0.6) is 17.2 Å². The highest BCUT2D eigenvalue weighted by molar-refractivity contribution is 14.0. The number of hydrogen-bond donors (Lipinski definition) is 2. The largest absolute Gasteiger partial charge is 0.573 e. The molecule has 0 saturated heterocycles. The van der Waals surface area contributed by atoms with E-state index in [1.165, 1.54) is 26.4 Å². The number of halogens is 4. The summed E-state index contributed by atoms with van der Waals surface area (Å²) in [6.45, 7) is 0.170. The van der Waals surface area contributed by atoms with Crippen LogP contribution in [0, 0.1) is 0 Å². The first kappa shape index (κ1) is 23.7. The summed E-state index contributed by atoms with van der Waals surface area (Å²) < 4.78 is 51.7. The lowest BCUT2D eigenvalue weighted by atomic mass is 10.1. The molecule has 0 fully saturated rings. The maximum Gasteiger partial charge on any atom is 0.573 e. The Hall–Kier alpha value is -2.37. The van der Waals surface area contributed by atoms with Gasteiger partial charge in [-0.2, -0.15) is 0 Å². The number of ether oxygens (including phenoxy) is 3. The van der Waals surface area contributed by atoms with E-state index in [9.17, 15) is 13.2 Å². The lowest BCUT2D eigenvalue weighted by Crippen LogP contribution is -2.23. The Labute approximate surface area is 177 Å². The number of nitrogens with one attached hydrogen (secondary N) is 1. The van der Waals surface area contributed by atoms with E-state index < -0.39 is 6.36 Å². The summed E-state index contributed by atoms with van der Waals surface area (Å²) in [6, 6.07) is 11.0. The fraction of sp³-hybridized carbons (Fsp3) is 0.278. The van der Waals surface area contributed by atoms with E-state index in [0.29, 0.717) is 22.7 Å². The zero-order valence-corrected chi connectivity index (χ0v) is 17.6. The van der Waals surface area contributed by atoms with Crippen LogP contribution in [0.15, 0.2) is 47.5 Å². The van der Waals surface area contributed by atoms with Gasteiger partial charge in [-0.15, -0.1) is 37.1 Å². The number of benzene rings is 2. The molecule has 0 radical (unpaired) electrons. The molecule has 0 aliphatic heterocycles. The third-order valence-electron chi connectivity index (χ3n) is 3.53. The van der Waals surface area contributed by atoms with Crippen molar-refractivity contribution in [2.45, 2.75) is 12.8 Å². The van der Waals surface area contributed by atoms with Crippen LogP contribution in [0.4, 0.5) is 18.9 Å². The Kier molecular flexibility index (Phi) is 9.16. The van der Waals surface area contributed by atoms with Crippen LogP contribution >= 0.6 is 24.0 Å². The molecule has 0 saturated carbocycles. The fourth-order valence-electron chi connectivity index (χ4n) is 2.32. The molecule has 3 N–H and O–H groups in total. The molecule has 154 valence electrons. The van der Waals surface area contributed by atoms with Crippen LogP contribution < -0.4 is 25.3 Å². The number of alkyl halides is 3. The summed E-state index contributed by atoms with van der Waals surface area (Å²) in [7, 11) is 3.04. The van der Waals surface area contributed by atoms with E-state index in [0.717, 1.165) is 0 Å². The number of nitrogens with zero attached hydrogens (tertiary/aromatic N) is 1. The molecule has 2 aromatic rings. The third kappa shape index (κ3) is 7.33. The van der Waals surface area contributed by atoms with Crippen molar-refractivity contribution in [1.29, 1.82) is 0 Å². The van der Waals surface area contributed by atoms with E-state index in [1.54, 1.807) is 30.3 Å². The van der Waals surface area contributed by atoms with Crippen molar-refractivity contribution >= 4 is 35.6 Å². The Bertz CT molecular complexity index is 801. The van der Waals surface area contributed by atoms with Gasteiger partial charge in [-0.25, -0.2) is 0 Å². The van der Waals surface area contributed by atoms with Gasteiger partial charge in [0.25, 0.3) is 0 Å². The van der Waals surface area contributed by atoms with Crippen molar-refractivity contribution in [1.82, 2.24) is 0 Å². The number of aliphatic imine (C=N–C) groups is 1. The number of methoxy groups -OCH3 is 2. The molecule has 0 spiro atoms. The molecule has 28 heavy (non-hydrogen) atoms. The molecular weight excluding hydrogens is 490 g/mol. The molecule has 2 aromatic carbocycles. The lowest BCUT2D eigenvalue weighted by Gasteiger charge is -2.13. The summed E-state index contributed by atoms with van der Waals surface area (Å²) in [5, 5.41) is 2.89. The Balaban J connectivity index is 0.00000392. The minimum Gasteiger partial charge on any atom is -0.497 e. The van der Waals surface area contributed by atoms with Gasteiger partial charge in [-0.05, 0) is 30.2 Å². The van der Waals surface area contributed by atoms with Gasteiger partial charge >= 0.3 is 6.36 Å². The van der Waals surface area contributed by atoms with Crippen molar-refractivity contribution < 1.29 is 27.4 Å². The van der Waals surface area contributed by atoms with E-state index >= 15 is 0 Å². The second-order valence-corrected chi connectivity index (χ2v) is 5.36. The number of anilines is 1. The van der Waals surface area contributed by atoms with Gasteiger partial charge in [0.05, 0.1) is 19.9 Å². The molecule has 0 unspecified atom stereocenters. The highest BCUT2D eigenvalue weighted by Crippen LogP contribution is 2.29. The van der Waals surface area contributed by atoms with Crippen LogP contribution in [0.1, 0.15) is 5.56 Å². The number of nitrogens with two attached hydrogens (primary N) is 1. The molecule has 10 heteroatoms. The summed E-state index contributed by atoms with van der Waals surface area (Å²) in [6.07, 6.45) is -4.52. The predicted octanol–water partition coefficient (Wildman–Crippen LogP) is 4.19. The van der Waals surface area contributed by atoms with Crippen LogP contribution in [0.2, 0.25) is 0 Å². The Morgan fingerprint density at radius 1 is 1.07 bits per heavy atom. The van der Waals surface area contributed by atoms with E-state index in [-0.39, 0.29) is 48.7 Å². The number of guanidine groups is 1. The Morgan fingerprint density at radius 3 is 2.43 bits per heavy atom. The lowest BCUT2D eigenvalue weighted by molar-refractivity contribution is -0.274. The third-order valence-corrected chi connectivity index (χ3v) is 3.53. The standard InChI is InChI=1S/C18H20F3N3O3.HI/c1-25-13-7-8-16(26-2)14(11-13)24-17(22)23-10-9-12-5-3-4-6-15(12)27-18(19,20)21;/h3-8,11H,9-10H2,1-2H3,(H3,22,23,24);1H.